The number of rotatable bonds is 6. The monoisotopic (exact) mass is 465 g/mol. The topological polar surface area (TPSA) is 58.4 Å². The minimum absolute atomic E-state index is 0.574. The molecule has 0 radical (unpaired) electrons. The third-order valence-corrected chi connectivity index (χ3v) is 6.88. The molecule has 0 aliphatic carbocycles. The molecule has 5 nitrogen and oxygen atoms in total. The molecule has 1 aliphatic heterocycles. The summed E-state index contributed by atoms with van der Waals surface area (Å²) >= 11 is 7.60. The number of nitrogens with zero attached hydrogens (tertiary/aromatic N) is 3. The number of ether oxygens (including phenoxy) is 2. The van der Waals surface area contributed by atoms with E-state index in [0.717, 1.165) is 52.5 Å². The van der Waals surface area contributed by atoms with Crippen molar-refractivity contribution in [1.82, 2.24) is 9.88 Å². The minimum Gasteiger partial charge on any atom is -0.493 e. The van der Waals surface area contributed by atoms with Crippen LogP contribution in [0.1, 0.15) is 22.4 Å². The van der Waals surface area contributed by atoms with E-state index in [2.05, 4.69) is 18.0 Å². The molecule has 0 atom stereocenters. The van der Waals surface area contributed by atoms with Crippen LogP contribution in [0.3, 0.4) is 0 Å². The summed E-state index contributed by atoms with van der Waals surface area (Å²) in [6.45, 7) is 1.66. The maximum Gasteiger partial charge on any atom is 0.168 e. The zero-order valence-corrected chi connectivity index (χ0v) is 19.9. The highest BCUT2D eigenvalue weighted by molar-refractivity contribution is 7.98. The Morgan fingerprint density at radius 1 is 1.16 bits per heavy atom. The van der Waals surface area contributed by atoms with E-state index in [-0.39, 0.29) is 0 Å². The molecule has 0 saturated carbocycles. The molecule has 1 aliphatic rings. The van der Waals surface area contributed by atoms with Gasteiger partial charge in [-0.15, -0.1) is 11.8 Å². The van der Waals surface area contributed by atoms with E-state index in [0.29, 0.717) is 27.8 Å². The maximum absolute atomic E-state index is 10.2. The summed E-state index contributed by atoms with van der Waals surface area (Å²) in [6, 6.07) is 16.0. The van der Waals surface area contributed by atoms with Gasteiger partial charge >= 0.3 is 0 Å². The van der Waals surface area contributed by atoms with Gasteiger partial charge in [0.15, 0.2) is 11.5 Å². The van der Waals surface area contributed by atoms with Crippen molar-refractivity contribution in [3.63, 3.8) is 0 Å². The fourth-order valence-corrected chi connectivity index (χ4v) is 5.08. The van der Waals surface area contributed by atoms with Crippen molar-refractivity contribution < 1.29 is 9.47 Å². The molecule has 164 valence electrons. The molecule has 32 heavy (non-hydrogen) atoms. The normalized spacial score (nSPS) is 13.3. The molecule has 7 heteroatoms. The number of benzene rings is 2. The Morgan fingerprint density at radius 2 is 1.94 bits per heavy atom. The first-order chi connectivity index (χ1) is 15.5. The number of hydrogen-bond donors (Lipinski definition) is 0. The quantitative estimate of drug-likeness (QED) is 0.443. The van der Waals surface area contributed by atoms with Gasteiger partial charge in [-0.2, -0.15) is 5.26 Å². The molecule has 2 heterocycles. The van der Waals surface area contributed by atoms with Gasteiger partial charge in [0.1, 0.15) is 11.1 Å². The van der Waals surface area contributed by atoms with Crippen LogP contribution in [0.15, 0.2) is 47.5 Å². The molecule has 1 aromatic heterocycles. The minimum atomic E-state index is 0.574. The molecular formula is C25H24ClN3O2S. The summed E-state index contributed by atoms with van der Waals surface area (Å²) < 4.78 is 11.3. The van der Waals surface area contributed by atoms with Gasteiger partial charge in [-0.3, -0.25) is 0 Å². The van der Waals surface area contributed by atoms with Crippen LogP contribution < -0.4 is 9.47 Å². The van der Waals surface area contributed by atoms with E-state index >= 15 is 0 Å². The molecule has 0 amide bonds. The van der Waals surface area contributed by atoms with Crippen LogP contribution in [-0.2, 0) is 18.7 Å². The number of pyridine rings is 1. The maximum atomic E-state index is 10.2. The Bertz CT molecular complexity index is 1180. The molecule has 0 fully saturated rings. The fraction of sp³-hybridized carbons (Fsp3) is 0.280. The number of methoxy groups -OCH3 is 2. The van der Waals surface area contributed by atoms with Crippen molar-refractivity contribution in [3.05, 3.63) is 69.9 Å². The van der Waals surface area contributed by atoms with Gasteiger partial charge < -0.3 is 14.4 Å². The molecular weight excluding hydrogens is 442 g/mol. The predicted molar refractivity (Wildman–Crippen MR) is 129 cm³/mol. The van der Waals surface area contributed by atoms with Crippen LogP contribution in [0.25, 0.3) is 11.1 Å². The Hall–Kier alpha value is -2.72. The van der Waals surface area contributed by atoms with Gasteiger partial charge in [0.25, 0.3) is 0 Å². The molecule has 0 bridgehead atoms. The number of halogens is 1. The van der Waals surface area contributed by atoms with Gasteiger partial charge in [-0.25, -0.2) is 4.98 Å². The number of aromatic nitrogens is 1. The average Bonchev–Trinajstić information content (AvgIpc) is 2.82. The van der Waals surface area contributed by atoms with Gasteiger partial charge in [0.2, 0.25) is 0 Å². The van der Waals surface area contributed by atoms with E-state index in [1.807, 2.05) is 42.5 Å². The Morgan fingerprint density at radius 3 is 2.62 bits per heavy atom. The molecule has 0 spiro atoms. The highest BCUT2D eigenvalue weighted by Gasteiger charge is 2.27. The highest BCUT2D eigenvalue weighted by Crippen LogP contribution is 2.44. The van der Waals surface area contributed by atoms with Crippen molar-refractivity contribution in [2.75, 3.05) is 27.8 Å². The fourth-order valence-electron chi connectivity index (χ4n) is 3.99. The Labute approximate surface area is 197 Å². The van der Waals surface area contributed by atoms with Crippen molar-refractivity contribution in [1.29, 1.82) is 5.26 Å². The van der Waals surface area contributed by atoms with Crippen molar-refractivity contribution >= 4 is 23.4 Å². The first-order valence-corrected chi connectivity index (χ1v) is 11.6. The first kappa shape index (κ1) is 22.5. The molecule has 3 aromatic rings. The first-order valence-electron chi connectivity index (χ1n) is 10.3. The summed E-state index contributed by atoms with van der Waals surface area (Å²) in [5, 5.41) is 11.7. The van der Waals surface area contributed by atoms with Gasteiger partial charge in [-0.1, -0.05) is 35.9 Å². The van der Waals surface area contributed by atoms with E-state index in [9.17, 15) is 5.26 Å². The number of thioether (sulfide) groups is 1. The number of hydrogen-bond acceptors (Lipinski definition) is 6. The van der Waals surface area contributed by atoms with Gasteiger partial charge in [0.05, 0.1) is 19.8 Å². The second-order valence-electron chi connectivity index (χ2n) is 7.65. The lowest BCUT2D eigenvalue weighted by Crippen LogP contribution is -2.28. The lowest BCUT2D eigenvalue weighted by molar-refractivity contribution is 0.309. The third-order valence-electron chi connectivity index (χ3n) is 5.58. The summed E-state index contributed by atoms with van der Waals surface area (Å²) in [6.07, 6.45) is 0.839. The summed E-state index contributed by atoms with van der Waals surface area (Å²) in [4.78, 5) is 7.20. The second kappa shape index (κ2) is 9.83. The zero-order chi connectivity index (χ0) is 22.7. The van der Waals surface area contributed by atoms with E-state index < -0.39 is 0 Å². The number of fused-ring (bicyclic) bond motifs is 1. The van der Waals surface area contributed by atoms with Gasteiger partial charge in [-0.05, 0) is 36.4 Å². The van der Waals surface area contributed by atoms with Crippen LogP contribution in [0.5, 0.6) is 11.5 Å². The van der Waals surface area contributed by atoms with Crippen molar-refractivity contribution in [2.45, 2.75) is 23.7 Å². The molecule has 2 aromatic carbocycles. The Kier molecular flexibility index (Phi) is 6.90. The third kappa shape index (κ3) is 4.42. The predicted octanol–water partition coefficient (Wildman–Crippen LogP) is 5.57. The van der Waals surface area contributed by atoms with Crippen LogP contribution in [-0.4, -0.2) is 37.7 Å². The van der Waals surface area contributed by atoms with Crippen molar-refractivity contribution in [2.24, 2.45) is 0 Å². The second-order valence-corrected chi connectivity index (χ2v) is 9.05. The molecule has 0 saturated heterocycles. The number of likely N-dealkylation sites (N-methyl/N-ethyl adjacent to an activating group) is 1. The van der Waals surface area contributed by atoms with Crippen LogP contribution in [0, 0.1) is 11.3 Å². The number of nitriles is 1. The van der Waals surface area contributed by atoms with Crippen LogP contribution in [0.2, 0.25) is 5.02 Å². The van der Waals surface area contributed by atoms with Gasteiger partial charge in [0, 0.05) is 47.1 Å². The summed E-state index contributed by atoms with van der Waals surface area (Å²) in [5.41, 5.74) is 5.56. The SMILES string of the molecule is COc1cccc(-c2c(C#N)c(SCc3ccc(Cl)cc3)nc3c2CN(C)CC3)c1OC. The van der Waals surface area contributed by atoms with E-state index in [1.165, 1.54) is 0 Å². The summed E-state index contributed by atoms with van der Waals surface area (Å²) in [5.74, 6) is 1.97. The lowest BCUT2D eigenvalue weighted by Gasteiger charge is -2.28. The molecule has 4 rings (SSSR count). The number of para-hydroxylation sites is 1. The highest BCUT2D eigenvalue weighted by atomic mass is 35.5. The molecule has 0 N–H and O–H groups in total. The smallest absolute Gasteiger partial charge is 0.168 e. The largest absolute Gasteiger partial charge is 0.493 e. The van der Waals surface area contributed by atoms with E-state index in [1.54, 1.807) is 26.0 Å². The Balaban J connectivity index is 1.87. The summed E-state index contributed by atoms with van der Waals surface area (Å²) in [7, 11) is 5.34. The zero-order valence-electron chi connectivity index (χ0n) is 18.3. The molecule has 0 unspecified atom stereocenters. The van der Waals surface area contributed by atoms with E-state index in [4.69, 9.17) is 26.1 Å². The van der Waals surface area contributed by atoms with Crippen LogP contribution >= 0.6 is 23.4 Å². The average molecular weight is 466 g/mol. The van der Waals surface area contributed by atoms with Crippen LogP contribution in [0.4, 0.5) is 0 Å². The van der Waals surface area contributed by atoms with Crippen molar-refractivity contribution in [3.8, 4) is 28.7 Å². The lowest BCUT2D eigenvalue weighted by atomic mass is 9.91. The standard InChI is InChI=1S/C25H24ClN3O2S/c1-29-12-11-21-20(14-29)23(18-5-4-6-22(30-2)24(18)31-3)19(13-27)25(28-21)32-15-16-7-9-17(26)10-8-16/h4-10H,11-12,14-15H2,1-3H3.